The minimum absolute atomic E-state index is 0.00308. The van der Waals surface area contributed by atoms with Crippen molar-refractivity contribution in [1.29, 1.82) is 0 Å². The molecular formula is C13H30N2O2+2. The monoisotopic (exact) mass is 246 g/mol. The van der Waals surface area contributed by atoms with Gasteiger partial charge in [-0.25, -0.2) is 0 Å². The van der Waals surface area contributed by atoms with Crippen LogP contribution in [0.3, 0.4) is 0 Å². The molecule has 0 saturated heterocycles. The Morgan fingerprint density at radius 3 is 1.82 bits per heavy atom. The summed E-state index contributed by atoms with van der Waals surface area (Å²) in [6.45, 7) is 7.62. The van der Waals surface area contributed by atoms with Gasteiger partial charge in [-0.15, -0.1) is 0 Å². The summed E-state index contributed by atoms with van der Waals surface area (Å²) in [5, 5.41) is 0. The van der Waals surface area contributed by atoms with Gasteiger partial charge in [0.25, 0.3) is 0 Å². The van der Waals surface area contributed by atoms with Gasteiger partial charge in [0.15, 0.2) is 6.10 Å². The number of nitrogens with one attached hydrogen (secondary N) is 2. The Labute approximate surface area is 106 Å². The highest BCUT2D eigenvalue weighted by Crippen LogP contribution is 2.21. The smallest absolute Gasteiger partial charge is 0.312 e. The molecule has 0 fully saturated rings. The molecule has 0 aromatic carbocycles. The maximum atomic E-state index is 12.0. The second-order valence-corrected chi connectivity index (χ2v) is 6.09. The van der Waals surface area contributed by atoms with Crippen LogP contribution in [-0.4, -0.2) is 53.4 Å². The number of quaternary nitrogens is 2. The van der Waals surface area contributed by atoms with Gasteiger partial charge in [0.05, 0.1) is 33.6 Å². The molecule has 0 saturated carbocycles. The number of esters is 1. The van der Waals surface area contributed by atoms with Crippen molar-refractivity contribution >= 4 is 5.97 Å². The largest absolute Gasteiger partial charge is 0.450 e. The van der Waals surface area contributed by atoms with E-state index in [2.05, 4.69) is 28.2 Å². The highest BCUT2D eigenvalue weighted by molar-refractivity contribution is 5.75. The van der Waals surface area contributed by atoms with Crippen LogP contribution in [0.4, 0.5) is 0 Å². The number of carbonyl (C=O) groups is 1. The molecule has 0 spiro atoms. The van der Waals surface area contributed by atoms with E-state index < -0.39 is 0 Å². The van der Waals surface area contributed by atoms with Crippen LogP contribution in [-0.2, 0) is 9.53 Å². The van der Waals surface area contributed by atoms with Crippen LogP contribution >= 0.6 is 0 Å². The van der Waals surface area contributed by atoms with E-state index >= 15 is 0 Å². The van der Waals surface area contributed by atoms with E-state index in [4.69, 9.17) is 4.74 Å². The molecule has 0 heterocycles. The van der Waals surface area contributed by atoms with Crippen molar-refractivity contribution in [3.8, 4) is 0 Å². The molecule has 0 amide bonds. The molecular weight excluding hydrogens is 216 g/mol. The van der Waals surface area contributed by atoms with Crippen LogP contribution in [0.2, 0.25) is 0 Å². The predicted octanol–water partition coefficient (Wildman–Crippen LogP) is -1.38. The van der Waals surface area contributed by atoms with Gasteiger partial charge in [0.1, 0.15) is 13.1 Å². The first-order valence-electron chi connectivity index (χ1n) is 6.48. The molecule has 0 radical (unpaired) electrons. The highest BCUT2D eigenvalue weighted by atomic mass is 16.5. The lowest BCUT2D eigenvalue weighted by Gasteiger charge is -2.26. The Morgan fingerprint density at radius 2 is 1.53 bits per heavy atom. The van der Waals surface area contributed by atoms with E-state index in [-0.39, 0.29) is 17.5 Å². The Bertz CT molecular complexity index is 228. The fourth-order valence-corrected chi connectivity index (χ4v) is 1.52. The average molecular weight is 246 g/mol. The Hall–Kier alpha value is -0.610. The molecule has 4 heteroatoms. The van der Waals surface area contributed by atoms with Gasteiger partial charge in [0.2, 0.25) is 0 Å². The van der Waals surface area contributed by atoms with Gasteiger partial charge in [-0.3, -0.25) is 4.79 Å². The quantitative estimate of drug-likeness (QED) is 0.543. The zero-order valence-electron chi connectivity index (χ0n) is 12.5. The molecule has 2 N–H and O–H groups in total. The SMILES string of the molecule is CCC(C)(C)C(=O)OC(C[NH+](C)C)C[NH+](C)C. The van der Waals surface area contributed by atoms with Gasteiger partial charge >= 0.3 is 5.97 Å². The third-order valence-electron chi connectivity index (χ3n) is 2.98. The van der Waals surface area contributed by atoms with Crippen molar-refractivity contribution in [3.05, 3.63) is 0 Å². The summed E-state index contributed by atoms with van der Waals surface area (Å²) in [7, 11) is 8.32. The third kappa shape index (κ3) is 6.64. The van der Waals surface area contributed by atoms with E-state index in [9.17, 15) is 4.79 Å². The lowest BCUT2D eigenvalue weighted by atomic mass is 9.90. The number of carbonyl (C=O) groups excluding carboxylic acids is 1. The van der Waals surface area contributed by atoms with E-state index in [1.807, 2.05) is 20.8 Å². The Morgan fingerprint density at radius 1 is 1.12 bits per heavy atom. The van der Waals surface area contributed by atoms with Crippen LogP contribution in [0, 0.1) is 5.41 Å². The number of hydrogen-bond acceptors (Lipinski definition) is 2. The minimum atomic E-state index is -0.373. The zero-order valence-corrected chi connectivity index (χ0v) is 12.5. The lowest BCUT2D eigenvalue weighted by molar-refractivity contribution is -0.885. The van der Waals surface area contributed by atoms with Crippen molar-refractivity contribution in [2.75, 3.05) is 41.3 Å². The van der Waals surface area contributed by atoms with Crippen molar-refractivity contribution in [1.82, 2.24) is 0 Å². The maximum absolute atomic E-state index is 12.0. The molecule has 0 aromatic heterocycles. The van der Waals surface area contributed by atoms with Gasteiger partial charge in [-0.1, -0.05) is 6.92 Å². The van der Waals surface area contributed by atoms with Gasteiger partial charge < -0.3 is 14.5 Å². The van der Waals surface area contributed by atoms with Crippen LogP contribution in [0.5, 0.6) is 0 Å². The fraction of sp³-hybridized carbons (Fsp3) is 0.923. The maximum Gasteiger partial charge on any atom is 0.312 e. The van der Waals surface area contributed by atoms with Crippen LogP contribution in [0.15, 0.2) is 0 Å². The van der Waals surface area contributed by atoms with Crippen LogP contribution in [0.25, 0.3) is 0 Å². The molecule has 17 heavy (non-hydrogen) atoms. The second-order valence-electron chi connectivity index (χ2n) is 6.09. The van der Waals surface area contributed by atoms with E-state index in [0.717, 1.165) is 19.5 Å². The molecule has 0 unspecified atom stereocenters. The van der Waals surface area contributed by atoms with Crippen LogP contribution in [0.1, 0.15) is 27.2 Å². The summed E-state index contributed by atoms with van der Waals surface area (Å²) < 4.78 is 5.65. The summed E-state index contributed by atoms with van der Waals surface area (Å²) in [5.41, 5.74) is -0.373. The molecule has 0 aliphatic carbocycles. The number of rotatable bonds is 7. The fourth-order valence-electron chi connectivity index (χ4n) is 1.52. The second kappa shape index (κ2) is 6.97. The average Bonchev–Trinajstić information content (AvgIpc) is 2.15. The summed E-state index contributed by atoms with van der Waals surface area (Å²) >= 11 is 0. The van der Waals surface area contributed by atoms with E-state index in [0.29, 0.717) is 0 Å². The van der Waals surface area contributed by atoms with Gasteiger partial charge in [-0.2, -0.15) is 0 Å². The van der Waals surface area contributed by atoms with Crippen molar-refractivity contribution in [3.63, 3.8) is 0 Å². The molecule has 0 atom stereocenters. The summed E-state index contributed by atoms with van der Waals surface area (Å²) in [4.78, 5) is 14.6. The van der Waals surface area contributed by atoms with Gasteiger partial charge in [0, 0.05) is 0 Å². The Balaban J connectivity index is 4.47. The molecule has 4 nitrogen and oxygen atoms in total. The molecule has 0 aromatic rings. The first kappa shape index (κ1) is 16.4. The summed E-state index contributed by atoms with van der Waals surface area (Å²) in [6.07, 6.45) is 0.811. The van der Waals surface area contributed by atoms with E-state index in [1.165, 1.54) is 9.80 Å². The Kier molecular flexibility index (Phi) is 6.72. The molecule has 102 valence electrons. The van der Waals surface area contributed by atoms with Crippen molar-refractivity contribution in [2.24, 2.45) is 5.41 Å². The lowest BCUT2D eigenvalue weighted by Crippen LogP contribution is -3.11. The first-order chi connectivity index (χ1) is 7.69. The van der Waals surface area contributed by atoms with Crippen molar-refractivity contribution in [2.45, 2.75) is 33.3 Å². The number of likely N-dealkylation sites (N-methyl/N-ethyl adjacent to an activating group) is 2. The van der Waals surface area contributed by atoms with Crippen molar-refractivity contribution < 1.29 is 19.3 Å². The number of hydrogen-bond donors (Lipinski definition) is 2. The zero-order chi connectivity index (χ0) is 13.6. The topological polar surface area (TPSA) is 35.2 Å². The first-order valence-corrected chi connectivity index (χ1v) is 6.48. The summed E-state index contributed by atoms with van der Waals surface area (Å²) in [5.74, 6) is -0.0764. The standard InChI is InChI=1S/C13H28N2O2/c1-8-13(2,3)12(16)17-11(9-14(4)5)10-15(6)7/h11H,8-10H2,1-7H3/p+2. The van der Waals surface area contributed by atoms with Crippen LogP contribution < -0.4 is 9.80 Å². The van der Waals surface area contributed by atoms with Gasteiger partial charge in [-0.05, 0) is 20.3 Å². The highest BCUT2D eigenvalue weighted by Gasteiger charge is 2.31. The number of ether oxygens (including phenoxy) is 1. The molecule has 0 aliphatic rings. The molecule has 0 aliphatic heterocycles. The minimum Gasteiger partial charge on any atom is -0.450 e. The molecule has 0 bridgehead atoms. The van der Waals surface area contributed by atoms with E-state index in [1.54, 1.807) is 0 Å². The molecule has 0 rings (SSSR count). The predicted molar refractivity (Wildman–Crippen MR) is 69.3 cm³/mol. The normalized spacial score (nSPS) is 12.6. The summed E-state index contributed by atoms with van der Waals surface area (Å²) in [6, 6.07) is 0. The third-order valence-corrected chi connectivity index (χ3v) is 2.98.